The van der Waals surface area contributed by atoms with Crippen LogP contribution in [0.2, 0.25) is 5.02 Å². The van der Waals surface area contributed by atoms with Gasteiger partial charge in [-0.1, -0.05) is 23.7 Å². The second kappa shape index (κ2) is 7.48. The van der Waals surface area contributed by atoms with E-state index in [1.807, 2.05) is 13.8 Å². The van der Waals surface area contributed by atoms with Crippen LogP contribution in [-0.4, -0.2) is 24.6 Å². The summed E-state index contributed by atoms with van der Waals surface area (Å²) in [5, 5.41) is 4.59. The molecule has 2 aromatic heterocycles. The van der Waals surface area contributed by atoms with E-state index in [0.717, 1.165) is 5.56 Å². The van der Waals surface area contributed by atoms with E-state index in [1.165, 1.54) is 11.3 Å². The van der Waals surface area contributed by atoms with Gasteiger partial charge in [-0.15, -0.1) is 11.3 Å². The van der Waals surface area contributed by atoms with Crippen molar-refractivity contribution in [3.05, 3.63) is 40.2 Å². The molecule has 0 saturated carbocycles. The highest BCUT2D eigenvalue weighted by Crippen LogP contribution is 2.33. The average molecular weight is 412 g/mol. The lowest BCUT2D eigenvalue weighted by atomic mass is 10.2. The van der Waals surface area contributed by atoms with Crippen molar-refractivity contribution in [2.75, 3.05) is 0 Å². The van der Waals surface area contributed by atoms with Crippen LogP contribution in [-0.2, 0) is 10.0 Å². The lowest BCUT2D eigenvalue weighted by Gasteiger charge is -2.11. The SMILES string of the molecule is CC[C@@H](C)NS(=O)(=O)c1cc(-c2nc(-c3ccc(Cl)cc3)no2)sc1C. The molecule has 0 unspecified atom stereocenters. The maximum absolute atomic E-state index is 12.5. The van der Waals surface area contributed by atoms with Gasteiger partial charge in [-0.05, 0) is 50.6 Å². The molecule has 1 N–H and O–H groups in total. The molecule has 3 rings (SSSR count). The van der Waals surface area contributed by atoms with Crippen LogP contribution >= 0.6 is 22.9 Å². The maximum Gasteiger partial charge on any atom is 0.268 e. The third-order valence-electron chi connectivity index (χ3n) is 3.87. The Balaban J connectivity index is 1.91. The number of benzene rings is 1. The van der Waals surface area contributed by atoms with Crippen LogP contribution in [0, 0.1) is 6.92 Å². The predicted molar refractivity (Wildman–Crippen MR) is 103 cm³/mol. The maximum atomic E-state index is 12.5. The number of hydrogen-bond donors (Lipinski definition) is 1. The Morgan fingerprint density at radius 3 is 2.65 bits per heavy atom. The molecular weight excluding hydrogens is 394 g/mol. The Morgan fingerprint density at radius 1 is 1.31 bits per heavy atom. The standard InChI is InChI=1S/C17H18ClN3O3S2/c1-4-10(2)21-26(22,23)15-9-14(25-11(15)3)17-19-16(20-24-17)12-5-7-13(18)8-6-12/h5-10,21H,4H2,1-3H3/t10-/m1/s1. The van der Waals surface area contributed by atoms with Crippen LogP contribution in [0.15, 0.2) is 39.8 Å². The average Bonchev–Trinajstić information content (AvgIpc) is 3.22. The number of nitrogens with zero attached hydrogens (tertiary/aromatic N) is 2. The number of rotatable bonds is 6. The highest BCUT2D eigenvalue weighted by Gasteiger charge is 2.24. The van der Waals surface area contributed by atoms with Crippen molar-refractivity contribution < 1.29 is 12.9 Å². The Kier molecular flexibility index (Phi) is 5.47. The van der Waals surface area contributed by atoms with Crippen LogP contribution in [0.25, 0.3) is 22.2 Å². The molecular formula is C17H18ClN3O3S2. The first-order chi connectivity index (χ1) is 12.3. The van der Waals surface area contributed by atoms with Crippen LogP contribution in [0.1, 0.15) is 25.1 Å². The van der Waals surface area contributed by atoms with E-state index in [4.69, 9.17) is 16.1 Å². The van der Waals surface area contributed by atoms with Crippen LogP contribution in [0.3, 0.4) is 0 Å². The summed E-state index contributed by atoms with van der Waals surface area (Å²) in [7, 11) is -3.58. The van der Waals surface area contributed by atoms with Gasteiger partial charge in [-0.2, -0.15) is 4.98 Å². The molecule has 1 aromatic carbocycles. The van der Waals surface area contributed by atoms with Gasteiger partial charge in [0.05, 0.1) is 9.77 Å². The van der Waals surface area contributed by atoms with Gasteiger partial charge in [-0.3, -0.25) is 0 Å². The summed E-state index contributed by atoms with van der Waals surface area (Å²) >= 11 is 7.19. The summed E-state index contributed by atoms with van der Waals surface area (Å²) in [5.41, 5.74) is 0.768. The van der Waals surface area contributed by atoms with Crippen molar-refractivity contribution in [1.29, 1.82) is 0 Å². The van der Waals surface area contributed by atoms with Gasteiger partial charge < -0.3 is 4.52 Å². The first-order valence-electron chi connectivity index (χ1n) is 8.03. The van der Waals surface area contributed by atoms with E-state index >= 15 is 0 Å². The van der Waals surface area contributed by atoms with Gasteiger partial charge in [0.1, 0.15) is 0 Å². The van der Waals surface area contributed by atoms with E-state index in [2.05, 4.69) is 14.9 Å². The molecule has 9 heteroatoms. The summed E-state index contributed by atoms with van der Waals surface area (Å²) in [6.45, 7) is 5.52. The first-order valence-corrected chi connectivity index (χ1v) is 10.7. The van der Waals surface area contributed by atoms with Crippen molar-refractivity contribution in [1.82, 2.24) is 14.9 Å². The number of aryl methyl sites for hydroxylation is 1. The van der Waals surface area contributed by atoms with Gasteiger partial charge in [0, 0.05) is 21.5 Å². The summed E-state index contributed by atoms with van der Waals surface area (Å²) in [4.78, 5) is 5.89. The lowest BCUT2D eigenvalue weighted by Crippen LogP contribution is -2.32. The van der Waals surface area contributed by atoms with Gasteiger partial charge >= 0.3 is 0 Å². The molecule has 3 aromatic rings. The minimum atomic E-state index is -3.58. The molecule has 0 aliphatic carbocycles. The molecule has 1 atom stereocenters. The quantitative estimate of drug-likeness (QED) is 0.645. The molecule has 0 fully saturated rings. The fourth-order valence-electron chi connectivity index (χ4n) is 2.29. The Hall–Kier alpha value is -1.74. The molecule has 6 nitrogen and oxygen atoms in total. The Bertz CT molecular complexity index is 1010. The third-order valence-corrected chi connectivity index (χ3v) is 7.01. The Labute approximate surface area is 161 Å². The van der Waals surface area contributed by atoms with Gasteiger partial charge in [0.15, 0.2) is 0 Å². The molecule has 2 heterocycles. The molecule has 0 saturated heterocycles. The molecule has 0 radical (unpaired) electrons. The van der Waals surface area contributed by atoms with Gasteiger partial charge in [0.25, 0.3) is 5.89 Å². The number of hydrogen-bond acceptors (Lipinski definition) is 6. The van der Waals surface area contributed by atoms with Crippen molar-refractivity contribution in [2.24, 2.45) is 0 Å². The third kappa shape index (κ3) is 3.98. The van der Waals surface area contributed by atoms with Crippen LogP contribution in [0.4, 0.5) is 0 Å². The van der Waals surface area contributed by atoms with E-state index in [9.17, 15) is 8.42 Å². The molecule has 0 bridgehead atoms. The minimum Gasteiger partial charge on any atom is -0.333 e. The molecule has 138 valence electrons. The number of halogens is 1. The molecule has 26 heavy (non-hydrogen) atoms. The Morgan fingerprint density at radius 2 is 2.00 bits per heavy atom. The molecule has 0 spiro atoms. The van der Waals surface area contributed by atoms with Crippen molar-refractivity contribution >= 4 is 33.0 Å². The van der Waals surface area contributed by atoms with Crippen LogP contribution in [0.5, 0.6) is 0 Å². The monoisotopic (exact) mass is 411 g/mol. The van der Waals surface area contributed by atoms with E-state index in [1.54, 1.807) is 37.3 Å². The van der Waals surface area contributed by atoms with E-state index in [0.29, 0.717) is 27.0 Å². The topological polar surface area (TPSA) is 85.1 Å². The van der Waals surface area contributed by atoms with Crippen molar-refractivity contribution in [3.63, 3.8) is 0 Å². The highest BCUT2D eigenvalue weighted by molar-refractivity contribution is 7.89. The molecule has 0 amide bonds. The fraction of sp³-hybridized carbons (Fsp3) is 0.294. The van der Waals surface area contributed by atoms with Crippen LogP contribution < -0.4 is 4.72 Å². The number of thiophene rings is 1. The fourth-order valence-corrected chi connectivity index (χ4v) is 5.25. The van der Waals surface area contributed by atoms with Gasteiger partial charge in [-0.25, -0.2) is 13.1 Å². The zero-order valence-corrected chi connectivity index (χ0v) is 16.9. The highest BCUT2D eigenvalue weighted by atomic mass is 35.5. The summed E-state index contributed by atoms with van der Waals surface area (Å²) in [6.07, 6.45) is 0.712. The summed E-state index contributed by atoms with van der Waals surface area (Å²) in [6, 6.07) is 8.51. The van der Waals surface area contributed by atoms with Gasteiger partial charge in [0.2, 0.25) is 15.8 Å². The normalized spacial score (nSPS) is 13.1. The first kappa shape index (κ1) is 19.0. The van der Waals surface area contributed by atoms with E-state index < -0.39 is 10.0 Å². The predicted octanol–water partition coefficient (Wildman–Crippen LogP) is 4.50. The second-order valence-corrected chi connectivity index (χ2v) is 9.27. The number of aromatic nitrogens is 2. The molecule has 0 aliphatic heterocycles. The number of sulfonamides is 1. The second-order valence-electron chi connectivity index (χ2n) is 5.89. The van der Waals surface area contributed by atoms with Crippen molar-refractivity contribution in [2.45, 2.75) is 38.1 Å². The zero-order valence-electron chi connectivity index (χ0n) is 14.5. The lowest BCUT2D eigenvalue weighted by molar-refractivity contribution is 0.433. The molecule has 0 aliphatic rings. The van der Waals surface area contributed by atoms with Crippen molar-refractivity contribution in [3.8, 4) is 22.2 Å². The minimum absolute atomic E-state index is 0.136. The van der Waals surface area contributed by atoms with E-state index in [-0.39, 0.29) is 16.8 Å². The largest absolute Gasteiger partial charge is 0.333 e. The summed E-state index contributed by atoms with van der Waals surface area (Å²) in [5.74, 6) is 0.706. The summed E-state index contributed by atoms with van der Waals surface area (Å²) < 4.78 is 33.1. The number of nitrogens with one attached hydrogen (secondary N) is 1. The zero-order chi connectivity index (χ0) is 18.9. The smallest absolute Gasteiger partial charge is 0.268 e.